The van der Waals surface area contributed by atoms with Crippen molar-refractivity contribution in [3.05, 3.63) is 46.0 Å². The van der Waals surface area contributed by atoms with Crippen molar-refractivity contribution in [3.8, 4) is 0 Å². The molecule has 5 nitrogen and oxygen atoms in total. The van der Waals surface area contributed by atoms with Gasteiger partial charge in [-0.2, -0.15) is 0 Å². The Bertz CT molecular complexity index is 534. The monoisotopic (exact) mass is 274 g/mol. The van der Waals surface area contributed by atoms with Gasteiger partial charge in [-0.05, 0) is 25.0 Å². The molecular weight excluding hydrogens is 256 g/mol. The topological polar surface area (TPSA) is 63.5 Å². The van der Waals surface area contributed by atoms with Crippen LogP contribution in [0.25, 0.3) is 6.08 Å². The fourth-order valence-corrected chi connectivity index (χ4v) is 2.54. The van der Waals surface area contributed by atoms with E-state index >= 15 is 0 Å². The van der Waals surface area contributed by atoms with E-state index in [0.717, 1.165) is 25.7 Å². The fourth-order valence-electron chi connectivity index (χ4n) is 2.54. The van der Waals surface area contributed by atoms with Crippen molar-refractivity contribution in [2.75, 3.05) is 7.05 Å². The Hall–Kier alpha value is -2.17. The third kappa shape index (κ3) is 3.23. The van der Waals surface area contributed by atoms with Gasteiger partial charge in [0, 0.05) is 25.2 Å². The Morgan fingerprint density at radius 1 is 1.35 bits per heavy atom. The lowest BCUT2D eigenvalue weighted by Gasteiger charge is -2.22. The van der Waals surface area contributed by atoms with Crippen molar-refractivity contribution < 1.29 is 9.72 Å². The maximum atomic E-state index is 12.1. The number of nitrogens with zero attached hydrogens (tertiary/aromatic N) is 2. The van der Waals surface area contributed by atoms with E-state index in [1.54, 1.807) is 30.1 Å². The molecule has 0 saturated heterocycles. The molecule has 1 saturated carbocycles. The Kier molecular flexibility index (Phi) is 4.50. The van der Waals surface area contributed by atoms with Crippen LogP contribution in [0.3, 0.4) is 0 Å². The highest BCUT2D eigenvalue weighted by atomic mass is 16.6. The number of benzene rings is 1. The zero-order valence-electron chi connectivity index (χ0n) is 11.5. The predicted molar refractivity (Wildman–Crippen MR) is 77.2 cm³/mol. The molecular formula is C15H18N2O3. The van der Waals surface area contributed by atoms with Crippen LogP contribution in [-0.2, 0) is 4.79 Å². The second-order valence-electron chi connectivity index (χ2n) is 5.04. The smallest absolute Gasteiger partial charge is 0.276 e. The molecule has 0 bridgehead atoms. The summed E-state index contributed by atoms with van der Waals surface area (Å²) in [5.41, 5.74) is 0.464. The van der Waals surface area contributed by atoms with Gasteiger partial charge in [0.2, 0.25) is 5.91 Å². The predicted octanol–water partition coefficient (Wildman–Crippen LogP) is 3.01. The van der Waals surface area contributed by atoms with Crippen LogP contribution in [0, 0.1) is 10.1 Å². The highest BCUT2D eigenvalue weighted by Gasteiger charge is 2.22. The SMILES string of the molecule is CN(C(=O)/C=C/c1ccccc1[N+](=O)[O-])C1CCCC1. The maximum absolute atomic E-state index is 12.1. The number of nitro benzene ring substituents is 1. The average molecular weight is 274 g/mol. The van der Waals surface area contributed by atoms with E-state index in [1.165, 1.54) is 18.2 Å². The minimum absolute atomic E-state index is 0.0140. The van der Waals surface area contributed by atoms with Gasteiger partial charge in [0.1, 0.15) is 0 Å². The first kappa shape index (κ1) is 14.2. The summed E-state index contributed by atoms with van der Waals surface area (Å²) in [6.07, 6.45) is 7.35. The highest BCUT2D eigenvalue weighted by molar-refractivity contribution is 5.92. The maximum Gasteiger partial charge on any atom is 0.276 e. The first-order valence-electron chi connectivity index (χ1n) is 6.78. The first-order valence-corrected chi connectivity index (χ1v) is 6.78. The Morgan fingerprint density at radius 3 is 2.65 bits per heavy atom. The zero-order chi connectivity index (χ0) is 14.5. The van der Waals surface area contributed by atoms with Gasteiger partial charge in [-0.1, -0.05) is 25.0 Å². The molecule has 1 aliphatic carbocycles. The van der Waals surface area contributed by atoms with Crippen LogP contribution >= 0.6 is 0 Å². The minimum atomic E-state index is -0.440. The van der Waals surface area contributed by atoms with Crippen molar-refractivity contribution >= 4 is 17.7 Å². The molecule has 0 atom stereocenters. The number of nitro groups is 1. The minimum Gasteiger partial charge on any atom is -0.339 e. The number of rotatable bonds is 4. The molecule has 1 aromatic rings. The van der Waals surface area contributed by atoms with Crippen LogP contribution < -0.4 is 0 Å². The summed E-state index contributed by atoms with van der Waals surface area (Å²) in [6.45, 7) is 0. The molecule has 0 aromatic heterocycles. The van der Waals surface area contributed by atoms with Crippen molar-refractivity contribution in [3.63, 3.8) is 0 Å². The van der Waals surface area contributed by atoms with E-state index in [1.807, 2.05) is 0 Å². The number of carbonyl (C=O) groups excluding carboxylic acids is 1. The number of carbonyl (C=O) groups is 1. The summed E-state index contributed by atoms with van der Waals surface area (Å²) in [6, 6.07) is 6.71. The summed E-state index contributed by atoms with van der Waals surface area (Å²) in [5.74, 6) is -0.102. The molecule has 2 rings (SSSR count). The summed E-state index contributed by atoms with van der Waals surface area (Å²) in [5, 5.41) is 10.9. The van der Waals surface area contributed by atoms with Gasteiger partial charge in [0.25, 0.3) is 5.69 Å². The highest BCUT2D eigenvalue weighted by Crippen LogP contribution is 2.23. The van der Waals surface area contributed by atoms with E-state index < -0.39 is 4.92 Å². The second kappa shape index (κ2) is 6.32. The number of likely N-dealkylation sites (N-methyl/N-ethyl adjacent to an activating group) is 1. The van der Waals surface area contributed by atoms with Gasteiger partial charge >= 0.3 is 0 Å². The van der Waals surface area contributed by atoms with Crippen molar-refractivity contribution in [2.45, 2.75) is 31.7 Å². The lowest BCUT2D eigenvalue weighted by Crippen LogP contribution is -2.33. The van der Waals surface area contributed by atoms with Crippen LogP contribution in [0.1, 0.15) is 31.2 Å². The van der Waals surface area contributed by atoms with Crippen molar-refractivity contribution in [1.82, 2.24) is 4.90 Å². The third-order valence-electron chi connectivity index (χ3n) is 3.76. The standard InChI is InChI=1S/C15H18N2O3/c1-16(13-7-3-4-8-13)15(18)11-10-12-6-2-5-9-14(12)17(19)20/h2,5-6,9-11,13H,3-4,7-8H2,1H3/b11-10+. The molecule has 0 aliphatic heterocycles. The molecule has 1 aliphatic rings. The van der Waals surface area contributed by atoms with Crippen LogP contribution in [-0.4, -0.2) is 28.8 Å². The molecule has 0 heterocycles. The van der Waals surface area contributed by atoms with Gasteiger partial charge in [-0.15, -0.1) is 0 Å². The Balaban J connectivity index is 2.09. The van der Waals surface area contributed by atoms with Crippen molar-refractivity contribution in [1.29, 1.82) is 0 Å². The second-order valence-corrected chi connectivity index (χ2v) is 5.04. The summed E-state index contributed by atoms with van der Waals surface area (Å²) >= 11 is 0. The molecule has 0 radical (unpaired) electrons. The largest absolute Gasteiger partial charge is 0.339 e. The van der Waals surface area contributed by atoms with E-state index in [0.29, 0.717) is 11.6 Å². The van der Waals surface area contributed by atoms with Crippen LogP contribution in [0.4, 0.5) is 5.69 Å². The summed E-state index contributed by atoms with van der Waals surface area (Å²) < 4.78 is 0. The molecule has 0 spiro atoms. The fraction of sp³-hybridized carbons (Fsp3) is 0.400. The lowest BCUT2D eigenvalue weighted by atomic mass is 10.1. The summed E-state index contributed by atoms with van der Waals surface area (Å²) in [4.78, 5) is 24.2. The van der Waals surface area contributed by atoms with E-state index in [4.69, 9.17) is 0 Å². The molecule has 20 heavy (non-hydrogen) atoms. The van der Waals surface area contributed by atoms with Gasteiger partial charge in [0.15, 0.2) is 0 Å². The molecule has 1 fully saturated rings. The van der Waals surface area contributed by atoms with Crippen LogP contribution in [0.15, 0.2) is 30.3 Å². The van der Waals surface area contributed by atoms with Gasteiger partial charge in [0.05, 0.1) is 10.5 Å². The third-order valence-corrected chi connectivity index (χ3v) is 3.76. The zero-order valence-corrected chi connectivity index (χ0v) is 11.5. The van der Waals surface area contributed by atoms with Crippen molar-refractivity contribution in [2.24, 2.45) is 0 Å². The quantitative estimate of drug-likeness (QED) is 0.481. The number of para-hydroxylation sites is 1. The van der Waals surface area contributed by atoms with Gasteiger partial charge in [-0.25, -0.2) is 0 Å². The molecule has 106 valence electrons. The number of hydrogen-bond donors (Lipinski definition) is 0. The number of amides is 1. The molecule has 1 aromatic carbocycles. The van der Waals surface area contributed by atoms with Crippen LogP contribution in [0.2, 0.25) is 0 Å². The first-order chi connectivity index (χ1) is 9.59. The molecule has 1 amide bonds. The summed E-state index contributed by atoms with van der Waals surface area (Å²) in [7, 11) is 1.79. The number of hydrogen-bond acceptors (Lipinski definition) is 3. The molecule has 5 heteroatoms. The molecule has 0 N–H and O–H groups in total. The van der Waals surface area contributed by atoms with E-state index in [-0.39, 0.29) is 11.6 Å². The Labute approximate surface area is 118 Å². The molecule has 0 unspecified atom stereocenters. The normalized spacial score (nSPS) is 15.7. The van der Waals surface area contributed by atoms with E-state index in [9.17, 15) is 14.9 Å². The van der Waals surface area contributed by atoms with Gasteiger partial charge in [-0.3, -0.25) is 14.9 Å². The van der Waals surface area contributed by atoms with E-state index in [2.05, 4.69) is 0 Å². The van der Waals surface area contributed by atoms with Crippen LogP contribution in [0.5, 0.6) is 0 Å². The Morgan fingerprint density at radius 2 is 2.00 bits per heavy atom. The lowest BCUT2D eigenvalue weighted by molar-refractivity contribution is -0.385. The average Bonchev–Trinajstić information content (AvgIpc) is 2.98. The van der Waals surface area contributed by atoms with Gasteiger partial charge < -0.3 is 4.90 Å².